The van der Waals surface area contributed by atoms with Gasteiger partial charge in [-0.05, 0) is 38.3 Å². The van der Waals surface area contributed by atoms with Gasteiger partial charge in [0.2, 0.25) is 0 Å². The van der Waals surface area contributed by atoms with Gasteiger partial charge in [0.05, 0.1) is 0 Å². The van der Waals surface area contributed by atoms with Crippen LogP contribution in [0.4, 0.5) is 0 Å². The molecule has 0 aliphatic heterocycles. The van der Waals surface area contributed by atoms with Gasteiger partial charge in [-0.25, -0.2) is 0 Å². The molecule has 0 saturated carbocycles. The van der Waals surface area contributed by atoms with Crippen LogP contribution in [0.25, 0.3) is 0 Å². The van der Waals surface area contributed by atoms with Crippen LogP contribution in [0.1, 0.15) is 73.2 Å². The summed E-state index contributed by atoms with van der Waals surface area (Å²) in [4.78, 5) is 5.19. The first-order valence-corrected chi connectivity index (χ1v) is 11.3. The van der Waals surface area contributed by atoms with Crippen molar-refractivity contribution in [3.05, 3.63) is 29.8 Å². The molecule has 0 saturated heterocycles. The third-order valence-corrected chi connectivity index (χ3v) is 5.64. The summed E-state index contributed by atoms with van der Waals surface area (Å²) in [6, 6.07) is 7.29. The Hall–Kier alpha value is -0.150. The summed E-state index contributed by atoms with van der Waals surface area (Å²) in [6.07, 6.45) is 7.92. The van der Waals surface area contributed by atoms with Crippen molar-refractivity contribution in [2.45, 2.75) is 77.8 Å². The number of benzene rings is 1. The first-order chi connectivity index (χ1) is 12.9. The average Bonchev–Trinajstić information content (AvgIpc) is 2.64. The molecule has 0 heterocycles. The average molecular weight is 427 g/mol. The molecule has 0 bridgehead atoms. The maximum absolute atomic E-state index is 12.5. The van der Waals surface area contributed by atoms with Gasteiger partial charge in [0.25, 0.3) is 5.12 Å². The predicted octanol–water partition coefficient (Wildman–Crippen LogP) is 2.09. The van der Waals surface area contributed by atoms with Gasteiger partial charge in [0.1, 0.15) is 0 Å². The summed E-state index contributed by atoms with van der Waals surface area (Å²) in [7, 11) is -4.26. The minimum atomic E-state index is -4.26. The smallest absolute Gasteiger partial charge is 1.00 e. The number of rotatable bonds is 15. The molecule has 6 nitrogen and oxygen atoms in total. The van der Waals surface area contributed by atoms with Gasteiger partial charge in [0.15, 0.2) is 5.75 Å². The van der Waals surface area contributed by atoms with E-state index in [1.165, 1.54) is 32.6 Å². The third kappa shape index (κ3) is 9.11. The maximum atomic E-state index is 12.5. The van der Waals surface area contributed by atoms with E-state index in [0.717, 1.165) is 24.8 Å². The minimum absolute atomic E-state index is 0. The summed E-state index contributed by atoms with van der Waals surface area (Å²) in [5.74, 6) is 0.394. The van der Waals surface area contributed by atoms with Crippen molar-refractivity contribution in [2.75, 3.05) is 13.2 Å². The predicted molar refractivity (Wildman–Crippen MR) is 107 cm³/mol. The molecular weight excluding hydrogens is 391 g/mol. The van der Waals surface area contributed by atoms with E-state index in [1.54, 1.807) is 26.0 Å². The summed E-state index contributed by atoms with van der Waals surface area (Å²) in [5.41, 5.74) is 0.915. The molecule has 0 N–H and O–H groups in total. The van der Waals surface area contributed by atoms with Crippen molar-refractivity contribution in [3.8, 4) is 5.75 Å². The Labute approximate surface area is 194 Å². The quantitative estimate of drug-likeness (QED) is 0.141. The van der Waals surface area contributed by atoms with E-state index < -0.39 is 15.2 Å². The van der Waals surface area contributed by atoms with Gasteiger partial charge >= 0.3 is 39.7 Å². The maximum Gasteiger partial charge on any atom is 1.00 e. The van der Waals surface area contributed by atoms with Gasteiger partial charge in [-0.3, -0.25) is 0 Å². The van der Waals surface area contributed by atoms with Gasteiger partial charge in [-0.1, -0.05) is 61.6 Å². The van der Waals surface area contributed by atoms with Gasteiger partial charge in [0, 0.05) is 20.1 Å². The van der Waals surface area contributed by atoms with Crippen LogP contribution < -0.4 is 34.4 Å². The monoisotopic (exact) mass is 426 g/mol. The fraction of sp³-hybridized carbons (Fsp3) is 0.700. The molecule has 0 aromatic heterocycles. The molecule has 1 aromatic rings. The largest absolute Gasteiger partial charge is 1.00 e. The Morgan fingerprint density at radius 3 is 2.11 bits per heavy atom. The number of hydrogen-bond donors (Lipinski definition) is 0. The van der Waals surface area contributed by atoms with E-state index in [-0.39, 0.29) is 44.2 Å². The number of unbranched alkanes of at least 4 members (excludes halogenated alkanes) is 5. The molecule has 0 unspecified atom stereocenters. The van der Waals surface area contributed by atoms with Crippen molar-refractivity contribution in [1.29, 1.82) is 0 Å². The van der Waals surface area contributed by atoms with Crippen LogP contribution in [0.2, 0.25) is 0 Å². The number of ether oxygens (including phenoxy) is 2. The van der Waals surface area contributed by atoms with Crippen molar-refractivity contribution >= 4 is 10.1 Å². The Morgan fingerprint density at radius 2 is 1.50 bits per heavy atom. The fourth-order valence-corrected chi connectivity index (χ4v) is 3.55. The molecule has 0 aliphatic rings. The van der Waals surface area contributed by atoms with E-state index in [1.807, 2.05) is 12.1 Å². The van der Waals surface area contributed by atoms with Crippen LogP contribution >= 0.6 is 0 Å². The van der Waals surface area contributed by atoms with E-state index in [2.05, 4.69) is 6.92 Å². The topological polar surface area (TPSA) is 71.1 Å². The van der Waals surface area contributed by atoms with E-state index in [9.17, 15) is 8.42 Å². The van der Waals surface area contributed by atoms with Crippen LogP contribution in [-0.4, -0.2) is 26.8 Å². The molecule has 158 valence electrons. The van der Waals surface area contributed by atoms with Crippen LogP contribution in [0.3, 0.4) is 0 Å². The van der Waals surface area contributed by atoms with Gasteiger partial charge < -0.3 is 15.8 Å². The molecule has 0 radical (unpaired) electrons. The zero-order valence-corrected chi connectivity index (χ0v) is 20.8. The first kappa shape index (κ1) is 27.8. The number of para-hydroxylation sites is 1. The van der Waals surface area contributed by atoms with Crippen molar-refractivity contribution in [1.82, 2.24) is 0 Å². The first-order valence-electron chi connectivity index (χ1n) is 9.86. The normalized spacial score (nSPS) is 11.9. The summed E-state index contributed by atoms with van der Waals surface area (Å²) >= 11 is 0. The van der Waals surface area contributed by atoms with Crippen LogP contribution in [-0.2, 0) is 30.3 Å². The van der Waals surface area contributed by atoms with Crippen molar-refractivity contribution < 1.29 is 58.1 Å². The third-order valence-electron chi connectivity index (χ3n) is 4.25. The molecule has 28 heavy (non-hydrogen) atoms. The Bertz CT molecular complexity index is 636. The molecule has 0 amide bonds. The summed E-state index contributed by atoms with van der Waals surface area (Å²) in [5, 5.41) is -1.91. The van der Waals surface area contributed by atoms with Gasteiger partial charge in [-0.2, -0.15) is 8.42 Å². The number of hydrogen-bond acceptors (Lipinski definition) is 6. The summed E-state index contributed by atoms with van der Waals surface area (Å²) < 4.78 is 40.3. The Balaban J connectivity index is 0. The molecule has 1 aromatic carbocycles. The zero-order chi connectivity index (χ0) is 20.2. The molecule has 8 heteroatoms. The van der Waals surface area contributed by atoms with E-state index in [0.29, 0.717) is 5.75 Å². The molecule has 0 atom stereocenters. The van der Waals surface area contributed by atoms with E-state index in [4.69, 9.17) is 18.7 Å². The molecule has 0 fully saturated rings. The fourth-order valence-electron chi connectivity index (χ4n) is 2.74. The van der Waals surface area contributed by atoms with Crippen LogP contribution in [0.5, 0.6) is 5.75 Å². The second kappa shape index (κ2) is 14.8. The van der Waals surface area contributed by atoms with Crippen LogP contribution in [0, 0.1) is 0 Å². The Morgan fingerprint density at radius 1 is 0.929 bits per heavy atom. The molecule has 0 spiro atoms. The SMILES string of the molecule is CCCCCCCCc1ccccc1OOS(=O)(=O)C(C)(OCC)OCC.[H-].[Na+]. The second-order valence-electron chi connectivity index (χ2n) is 6.46. The Kier molecular flexibility index (Phi) is 14.7. The molecular formula is C20H35NaO6S. The second-order valence-corrected chi connectivity index (χ2v) is 8.25. The van der Waals surface area contributed by atoms with E-state index >= 15 is 0 Å². The minimum Gasteiger partial charge on any atom is -1.00 e. The van der Waals surface area contributed by atoms with Crippen LogP contribution in [0.15, 0.2) is 24.3 Å². The van der Waals surface area contributed by atoms with Crippen molar-refractivity contribution in [3.63, 3.8) is 0 Å². The zero-order valence-electron chi connectivity index (χ0n) is 19.0. The summed E-state index contributed by atoms with van der Waals surface area (Å²) in [6.45, 7) is 7.19. The standard InChI is InChI=1S/C20H34O6S.Na.H/c1-5-8-9-10-11-12-15-18-16-13-14-17-19(18)25-26-27(21,22)20(4,23-6-2)24-7-3;;/h13-14,16-17H,5-12,15H2,1-4H3;;/q;+1;-1. The van der Waals surface area contributed by atoms with Crippen molar-refractivity contribution in [2.24, 2.45) is 0 Å². The number of aryl methyl sites for hydroxylation is 1. The van der Waals surface area contributed by atoms with Gasteiger partial charge in [-0.15, -0.1) is 0 Å². The molecule has 0 aliphatic carbocycles. The molecule has 1 rings (SSSR count).